The van der Waals surface area contributed by atoms with Gasteiger partial charge in [-0.2, -0.15) is 9.49 Å². The Kier molecular flexibility index (Phi) is 6.08. The number of phenols is 1. The van der Waals surface area contributed by atoms with Crippen molar-refractivity contribution in [2.75, 3.05) is 18.5 Å². The molecule has 3 aromatic heterocycles. The first-order valence-corrected chi connectivity index (χ1v) is 11.6. The molecule has 1 aliphatic heterocycles. The van der Waals surface area contributed by atoms with Crippen LogP contribution < -0.4 is 11.1 Å². The number of ether oxygens (including phenoxy) is 1. The maximum atomic E-state index is 14.6. The number of rotatable bonds is 6. The van der Waals surface area contributed by atoms with E-state index in [4.69, 9.17) is 10.5 Å². The summed E-state index contributed by atoms with van der Waals surface area (Å²) in [4.78, 5) is 8.62. The van der Waals surface area contributed by atoms with E-state index in [9.17, 15) is 9.50 Å². The highest BCUT2D eigenvalue weighted by molar-refractivity contribution is 6.06. The first kappa shape index (κ1) is 22.8. The van der Waals surface area contributed by atoms with Crippen LogP contribution in [0.2, 0.25) is 0 Å². The van der Waals surface area contributed by atoms with Crippen molar-refractivity contribution < 1.29 is 14.2 Å². The summed E-state index contributed by atoms with van der Waals surface area (Å²) >= 11 is 0. The normalized spacial score (nSPS) is 16.2. The van der Waals surface area contributed by atoms with Crippen molar-refractivity contribution in [2.45, 2.75) is 32.7 Å². The van der Waals surface area contributed by atoms with Gasteiger partial charge in [-0.3, -0.25) is 0 Å². The van der Waals surface area contributed by atoms with Gasteiger partial charge < -0.3 is 20.9 Å². The summed E-state index contributed by atoms with van der Waals surface area (Å²) < 4.78 is 21.9. The van der Waals surface area contributed by atoms with Gasteiger partial charge >= 0.3 is 0 Å². The third-order valence-electron chi connectivity index (χ3n) is 6.18. The fourth-order valence-corrected chi connectivity index (χ4v) is 4.30. The maximum absolute atomic E-state index is 14.6. The van der Waals surface area contributed by atoms with E-state index >= 15 is 0 Å². The van der Waals surface area contributed by atoms with Gasteiger partial charge in [0.1, 0.15) is 11.6 Å². The molecule has 0 unspecified atom stereocenters. The predicted octanol–water partition coefficient (Wildman–Crippen LogP) is 4.35. The van der Waals surface area contributed by atoms with E-state index in [1.165, 1.54) is 0 Å². The maximum Gasteiger partial charge on any atom is 0.221 e. The number of nitrogens with two attached hydrogens (primary N) is 1. The molecule has 1 atom stereocenters. The zero-order valence-electron chi connectivity index (χ0n) is 19.6. The van der Waals surface area contributed by atoms with E-state index in [0.29, 0.717) is 47.7 Å². The molecule has 4 heterocycles. The molecule has 9 heteroatoms. The zero-order valence-corrected chi connectivity index (χ0v) is 19.6. The second-order valence-electron chi connectivity index (χ2n) is 8.65. The summed E-state index contributed by atoms with van der Waals surface area (Å²) in [6, 6.07) is 10.5. The van der Waals surface area contributed by atoms with Crippen molar-refractivity contribution in [3.05, 3.63) is 71.6 Å². The van der Waals surface area contributed by atoms with E-state index in [0.717, 1.165) is 23.2 Å². The number of nitrogens with one attached hydrogen (secondary N) is 1. The Morgan fingerprint density at radius 1 is 1.31 bits per heavy atom. The summed E-state index contributed by atoms with van der Waals surface area (Å²) in [6.45, 7) is 5.00. The standard InChI is InChI=1S/C26H27FN6O2/c1-3-16-10-19(34)5-7-22(16)32-26(28)21-12-29-33-13-17(20-6-4-15(2)30-25(20)27)11-23(33)24(21)31-18-8-9-35-14-18/h4-7,10-13,18,31,34H,3,8-9,14H2,1-2H3,(H2,28,32)/t18-/m0/s1. The first-order valence-electron chi connectivity index (χ1n) is 11.6. The number of aromatic hydroxyl groups is 1. The predicted molar refractivity (Wildman–Crippen MR) is 134 cm³/mol. The van der Waals surface area contributed by atoms with Crippen LogP contribution in [0.4, 0.5) is 15.8 Å². The second-order valence-corrected chi connectivity index (χ2v) is 8.65. The van der Waals surface area contributed by atoms with Gasteiger partial charge in [0.05, 0.1) is 41.3 Å². The van der Waals surface area contributed by atoms with Crippen LogP contribution in [0.1, 0.15) is 30.2 Å². The molecule has 180 valence electrons. The Labute approximate surface area is 202 Å². The van der Waals surface area contributed by atoms with Gasteiger partial charge in [0.25, 0.3) is 0 Å². The number of fused-ring (bicyclic) bond motifs is 1. The minimum absolute atomic E-state index is 0.101. The molecular formula is C26H27FN6O2. The molecule has 0 amide bonds. The van der Waals surface area contributed by atoms with Gasteiger partial charge in [0.2, 0.25) is 5.95 Å². The monoisotopic (exact) mass is 474 g/mol. The summed E-state index contributed by atoms with van der Waals surface area (Å²) in [6.07, 6.45) is 4.98. The number of aliphatic imine (C=N–C) groups is 1. The number of halogens is 1. The van der Waals surface area contributed by atoms with Gasteiger partial charge in [0, 0.05) is 29.6 Å². The van der Waals surface area contributed by atoms with E-state index < -0.39 is 5.95 Å². The molecule has 8 nitrogen and oxygen atoms in total. The van der Waals surface area contributed by atoms with Gasteiger partial charge in [-0.15, -0.1) is 0 Å². The molecule has 1 aromatic carbocycles. The molecule has 0 saturated carbocycles. The summed E-state index contributed by atoms with van der Waals surface area (Å²) in [7, 11) is 0. The molecule has 35 heavy (non-hydrogen) atoms. The van der Waals surface area contributed by atoms with Crippen LogP contribution >= 0.6 is 0 Å². The molecule has 5 rings (SSSR count). The molecule has 1 fully saturated rings. The number of benzene rings is 1. The second kappa shape index (κ2) is 9.34. The first-order chi connectivity index (χ1) is 16.9. The highest BCUT2D eigenvalue weighted by Gasteiger charge is 2.22. The van der Waals surface area contributed by atoms with Crippen LogP contribution in [0.3, 0.4) is 0 Å². The SMILES string of the molecule is CCc1cc(O)ccc1/N=C(\N)c1cnn2cc(-c3ccc(C)nc3F)cc2c1N[C@H]1CCOC1. The van der Waals surface area contributed by atoms with Crippen LogP contribution in [-0.2, 0) is 11.2 Å². The number of amidine groups is 1. The Morgan fingerprint density at radius 3 is 2.91 bits per heavy atom. The molecule has 0 bridgehead atoms. The molecule has 0 spiro atoms. The Hall–Kier alpha value is -3.98. The number of anilines is 1. The van der Waals surface area contributed by atoms with E-state index in [-0.39, 0.29) is 17.6 Å². The van der Waals surface area contributed by atoms with Crippen molar-refractivity contribution in [3.8, 4) is 16.9 Å². The zero-order chi connectivity index (χ0) is 24.5. The molecule has 0 aliphatic carbocycles. The molecule has 0 radical (unpaired) electrons. The number of hydrogen-bond donors (Lipinski definition) is 3. The lowest BCUT2D eigenvalue weighted by Gasteiger charge is -2.17. The number of aromatic nitrogens is 3. The van der Waals surface area contributed by atoms with Gasteiger partial charge in [0.15, 0.2) is 0 Å². The molecule has 1 saturated heterocycles. The molecular weight excluding hydrogens is 447 g/mol. The summed E-state index contributed by atoms with van der Waals surface area (Å²) in [5, 5.41) is 17.9. The fourth-order valence-electron chi connectivity index (χ4n) is 4.30. The minimum Gasteiger partial charge on any atom is -0.508 e. The number of pyridine rings is 1. The quantitative estimate of drug-likeness (QED) is 0.218. The Morgan fingerprint density at radius 2 is 2.17 bits per heavy atom. The fraction of sp³-hybridized carbons (Fsp3) is 0.269. The topological polar surface area (TPSA) is 110 Å². The van der Waals surface area contributed by atoms with Crippen molar-refractivity contribution >= 4 is 22.7 Å². The number of aryl methyl sites for hydroxylation is 2. The average molecular weight is 475 g/mol. The van der Waals surface area contributed by atoms with Crippen LogP contribution in [0.5, 0.6) is 5.75 Å². The lowest BCUT2D eigenvalue weighted by atomic mass is 10.1. The highest BCUT2D eigenvalue weighted by atomic mass is 19.1. The van der Waals surface area contributed by atoms with E-state index in [1.54, 1.807) is 54.2 Å². The smallest absolute Gasteiger partial charge is 0.221 e. The summed E-state index contributed by atoms with van der Waals surface area (Å²) in [5.74, 6) is -0.0577. The lowest BCUT2D eigenvalue weighted by Crippen LogP contribution is -2.24. The van der Waals surface area contributed by atoms with Crippen LogP contribution in [-0.4, -0.2) is 44.8 Å². The van der Waals surface area contributed by atoms with E-state index in [2.05, 4.69) is 20.4 Å². The highest BCUT2D eigenvalue weighted by Crippen LogP contribution is 2.32. The van der Waals surface area contributed by atoms with Gasteiger partial charge in [-0.1, -0.05) is 6.92 Å². The minimum atomic E-state index is -0.527. The molecule has 1 aliphatic rings. The number of nitrogens with zero attached hydrogens (tertiary/aromatic N) is 4. The van der Waals surface area contributed by atoms with Gasteiger partial charge in [-0.05, 0) is 61.7 Å². The van der Waals surface area contributed by atoms with Crippen LogP contribution in [0.15, 0.2) is 53.8 Å². The third kappa shape index (κ3) is 4.54. The van der Waals surface area contributed by atoms with Crippen LogP contribution in [0.25, 0.3) is 16.6 Å². The third-order valence-corrected chi connectivity index (χ3v) is 6.18. The largest absolute Gasteiger partial charge is 0.508 e. The van der Waals surface area contributed by atoms with Crippen molar-refractivity contribution in [1.82, 2.24) is 14.6 Å². The number of hydrogen-bond acceptors (Lipinski definition) is 6. The van der Waals surface area contributed by atoms with Crippen molar-refractivity contribution in [3.63, 3.8) is 0 Å². The van der Waals surface area contributed by atoms with Gasteiger partial charge in [-0.25, -0.2) is 14.5 Å². The Bertz CT molecular complexity index is 1430. The van der Waals surface area contributed by atoms with E-state index in [1.807, 2.05) is 13.0 Å². The average Bonchev–Trinajstić information content (AvgIpc) is 3.50. The lowest BCUT2D eigenvalue weighted by molar-refractivity contribution is 0.195. The summed E-state index contributed by atoms with van der Waals surface area (Å²) in [5.41, 5.74) is 11.9. The molecule has 4 N–H and O–H groups in total. The molecule has 4 aromatic rings. The van der Waals surface area contributed by atoms with Crippen LogP contribution in [0, 0.1) is 12.9 Å². The Balaban J connectivity index is 1.64. The number of phenolic OH excluding ortho intramolecular Hbond substituents is 1. The van der Waals surface area contributed by atoms with Crippen molar-refractivity contribution in [1.29, 1.82) is 0 Å². The van der Waals surface area contributed by atoms with Crippen molar-refractivity contribution in [2.24, 2.45) is 10.7 Å².